The van der Waals surface area contributed by atoms with Crippen molar-refractivity contribution in [1.29, 1.82) is 0 Å². The van der Waals surface area contributed by atoms with E-state index >= 15 is 0 Å². The van der Waals surface area contributed by atoms with Crippen LogP contribution in [0.25, 0.3) is 0 Å². The normalized spacial score (nSPS) is 12.5. The molecule has 0 saturated heterocycles. The lowest BCUT2D eigenvalue weighted by molar-refractivity contribution is -0.384. The summed E-state index contributed by atoms with van der Waals surface area (Å²) in [6.45, 7) is 5.54. The van der Waals surface area contributed by atoms with Gasteiger partial charge in [-0.05, 0) is 40.1 Å². The first kappa shape index (κ1) is 15.7. The van der Waals surface area contributed by atoms with Crippen LogP contribution in [0.5, 0.6) is 0 Å². The third-order valence-electron chi connectivity index (χ3n) is 2.96. The minimum absolute atomic E-state index is 0.0170. The van der Waals surface area contributed by atoms with Gasteiger partial charge in [-0.1, -0.05) is 17.7 Å². The maximum atomic E-state index is 11.2. The summed E-state index contributed by atoms with van der Waals surface area (Å²) in [7, 11) is 3.97. The highest BCUT2D eigenvalue weighted by molar-refractivity contribution is 6.33. The predicted octanol–water partition coefficient (Wildman–Crippen LogP) is 3.02. The second kappa shape index (κ2) is 6.73. The van der Waals surface area contributed by atoms with Gasteiger partial charge < -0.3 is 9.80 Å². The summed E-state index contributed by atoms with van der Waals surface area (Å²) in [4.78, 5) is 14.8. The molecule has 6 heteroatoms. The second-order valence-corrected chi connectivity index (χ2v) is 5.17. The molecule has 0 fully saturated rings. The molecule has 0 aromatic heterocycles. The summed E-state index contributed by atoms with van der Waals surface area (Å²) < 4.78 is 0. The smallest absolute Gasteiger partial charge is 0.310 e. The first-order chi connectivity index (χ1) is 8.88. The lowest BCUT2D eigenvalue weighted by Gasteiger charge is -2.31. The van der Waals surface area contributed by atoms with E-state index in [0.29, 0.717) is 12.2 Å². The van der Waals surface area contributed by atoms with Gasteiger partial charge in [-0.3, -0.25) is 10.1 Å². The molecule has 106 valence electrons. The molecule has 0 heterocycles. The Labute approximate surface area is 118 Å². The Kier molecular flexibility index (Phi) is 5.57. The average molecular weight is 286 g/mol. The van der Waals surface area contributed by atoms with Crippen LogP contribution in [0.1, 0.15) is 13.8 Å². The number of hydrogen-bond acceptors (Lipinski definition) is 4. The summed E-state index contributed by atoms with van der Waals surface area (Å²) in [5.74, 6) is 0. The zero-order valence-electron chi connectivity index (χ0n) is 11.8. The van der Waals surface area contributed by atoms with Gasteiger partial charge in [0, 0.05) is 19.1 Å². The number of halogens is 1. The number of nitrogens with zero attached hydrogens (tertiary/aromatic N) is 3. The Bertz CT molecular complexity index is 452. The molecule has 1 aromatic rings. The maximum Gasteiger partial charge on any atom is 0.310 e. The minimum atomic E-state index is -0.414. The highest BCUT2D eigenvalue weighted by Gasteiger charge is 2.25. The van der Waals surface area contributed by atoms with Crippen LogP contribution >= 0.6 is 11.6 Å². The lowest BCUT2D eigenvalue weighted by Crippen LogP contribution is -2.40. The third kappa shape index (κ3) is 3.81. The number of likely N-dealkylation sites (N-methyl/N-ethyl adjacent to an activating group) is 2. The van der Waals surface area contributed by atoms with E-state index in [1.807, 2.05) is 32.8 Å². The number of benzene rings is 1. The molecule has 5 nitrogen and oxygen atoms in total. The first-order valence-corrected chi connectivity index (χ1v) is 6.60. The van der Waals surface area contributed by atoms with Crippen molar-refractivity contribution in [3.63, 3.8) is 0 Å². The van der Waals surface area contributed by atoms with Crippen LogP contribution in [0.4, 0.5) is 11.4 Å². The van der Waals surface area contributed by atoms with Crippen LogP contribution in [0.2, 0.25) is 5.02 Å². The highest BCUT2D eigenvalue weighted by Crippen LogP contribution is 2.35. The van der Waals surface area contributed by atoms with Crippen molar-refractivity contribution in [2.45, 2.75) is 19.9 Å². The van der Waals surface area contributed by atoms with Gasteiger partial charge in [-0.2, -0.15) is 0 Å². The third-order valence-corrected chi connectivity index (χ3v) is 3.26. The SMILES string of the molecule is CCN(c1cccc(Cl)c1[N+](=O)[O-])C(C)CN(C)C. The van der Waals surface area contributed by atoms with Crippen LogP contribution < -0.4 is 4.90 Å². The molecule has 0 amide bonds. The van der Waals surface area contributed by atoms with Crippen molar-refractivity contribution < 1.29 is 4.92 Å². The maximum absolute atomic E-state index is 11.2. The predicted molar refractivity (Wildman–Crippen MR) is 79.1 cm³/mol. The van der Waals surface area contributed by atoms with Gasteiger partial charge in [-0.15, -0.1) is 0 Å². The number of hydrogen-bond donors (Lipinski definition) is 0. The van der Waals surface area contributed by atoms with Gasteiger partial charge in [0.25, 0.3) is 0 Å². The van der Waals surface area contributed by atoms with Crippen molar-refractivity contribution in [1.82, 2.24) is 4.90 Å². The van der Waals surface area contributed by atoms with Gasteiger partial charge in [0.1, 0.15) is 10.7 Å². The van der Waals surface area contributed by atoms with Crippen molar-refractivity contribution in [3.05, 3.63) is 33.3 Å². The largest absolute Gasteiger partial charge is 0.362 e. The first-order valence-electron chi connectivity index (χ1n) is 6.22. The molecule has 1 unspecified atom stereocenters. The van der Waals surface area contributed by atoms with Crippen LogP contribution in [0.15, 0.2) is 18.2 Å². The van der Waals surface area contributed by atoms with E-state index in [1.54, 1.807) is 18.2 Å². The highest BCUT2D eigenvalue weighted by atomic mass is 35.5. The minimum Gasteiger partial charge on any atom is -0.362 e. The summed E-state index contributed by atoms with van der Waals surface area (Å²) in [6.07, 6.45) is 0. The van der Waals surface area contributed by atoms with Crippen LogP contribution in [0, 0.1) is 10.1 Å². The topological polar surface area (TPSA) is 49.6 Å². The number of nitro groups is 1. The Morgan fingerprint density at radius 2 is 2.05 bits per heavy atom. The van der Waals surface area contributed by atoms with Crippen molar-refractivity contribution in [2.24, 2.45) is 0 Å². The van der Waals surface area contributed by atoms with Gasteiger partial charge in [0.05, 0.1) is 4.92 Å². The monoisotopic (exact) mass is 285 g/mol. The van der Waals surface area contributed by atoms with Crippen molar-refractivity contribution in [2.75, 3.05) is 32.1 Å². The molecule has 1 atom stereocenters. The summed E-state index contributed by atoms with van der Waals surface area (Å²) >= 11 is 5.96. The van der Waals surface area contributed by atoms with Crippen molar-refractivity contribution >= 4 is 23.0 Å². The summed E-state index contributed by atoms with van der Waals surface area (Å²) in [6, 6.07) is 5.21. The molecular weight excluding hydrogens is 266 g/mol. The lowest BCUT2D eigenvalue weighted by atomic mass is 10.2. The molecule has 0 N–H and O–H groups in total. The van der Waals surface area contributed by atoms with E-state index in [2.05, 4.69) is 4.90 Å². The molecule has 0 saturated carbocycles. The molecule has 19 heavy (non-hydrogen) atoms. The molecule has 0 radical (unpaired) electrons. The zero-order valence-corrected chi connectivity index (χ0v) is 12.5. The number of anilines is 1. The Morgan fingerprint density at radius 3 is 2.53 bits per heavy atom. The summed E-state index contributed by atoms with van der Waals surface area (Å²) in [5.41, 5.74) is 0.561. The molecular formula is C13H20ClN3O2. The molecule has 0 aliphatic heterocycles. The molecule has 1 rings (SSSR count). The van der Waals surface area contributed by atoms with Crippen molar-refractivity contribution in [3.8, 4) is 0 Å². The quantitative estimate of drug-likeness (QED) is 0.595. The fourth-order valence-electron chi connectivity index (χ4n) is 2.26. The van der Waals surface area contributed by atoms with Crippen LogP contribution in [-0.4, -0.2) is 43.0 Å². The summed E-state index contributed by atoms with van der Waals surface area (Å²) in [5, 5.41) is 11.4. The molecule has 0 aliphatic carbocycles. The standard InChI is InChI=1S/C13H20ClN3O2/c1-5-16(10(2)9-15(3)4)12-8-6-7-11(14)13(12)17(18)19/h6-8,10H,5,9H2,1-4H3. The fraction of sp³-hybridized carbons (Fsp3) is 0.538. The number of para-hydroxylation sites is 1. The average Bonchev–Trinajstić information content (AvgIpc) is 2.28. The Morgan fingerprint density at radius 1 is 1.42 bits per heavy atom. The van der Waals surface area contributed by atoms with E-state index in [-0.39, 0.29) is 16.8 Å². The van der Waals surface area contributed by atoms with E-state index in [9.17, 15) is 10.1 Å². The van der Waals surface area contributed by atoms with Gasteiger partial charge >= 0.3 is 5.69 Å². The second-order valence-electron chi connectivity index (χ2n) is 4.76. The van der Waals surface area contributed by atoms with Crippen LogP contribution in [-0.2, 0) is 0 Å². The van der Waals surface area contributed by atoms with Crippen LogP contribution in [0.3, 0.4) is 0 Å². The Hall–Kier alpha value is -1.33. The Balaban J connectivity index is 3.18. The van der Waals surface area contributed by atoms with Gasteiger partial charge in [0.2, 0.25) is 0 Å². The van der Waals surface area contributed by atoms with Gasteiger partial charge in [0.15, 0.2) is 0 Å². The van der Waals surface area contributed by atoms with E-state index < -0.39 is 4.92 Å². The van der Waals surface area contributed by atoms with E-state index in [1.165, 1.54) is 0 Å². The molecule has 0 spiro atoms. The van der Waals surface area contributed by atoms with E-state index in [0.717, 1.165) is 6.54 Å². The zero-order chi connectivity index (χ0) is 14.6. The molecule has 0 bridgehead atoms. The van der Waals surface area contributed by atoms with Gasteiger partial charge in [-0.25, -0.2) is 0 Å². The molecule has 0 aliphatic rings. The number of rotatable bonds is 6. The van der Waals surface area contributed by atoms with E-state index in [4.69, 9.17) is 11.6 Å². The number of nitro benzene ring substituents is 1. The molecule has 1 aromatic carbocycles. The fourth-order valence-corrected chi connectivity index (χ4v) is 2.50.